The van der Waals surface area contributed by atoms with Crippen molar-refractivity contribution in [1.82, 2.24) is 0 Å². The summed E-state index contributed by atoms with van der Waals surface area (Å²) < 4.78 is 0. The van der Waals surface area contributed by atoms with Crippen LogP contribution in [0.5, 0.6) is 0 Å². The second-order valence-electron chi connectivity index (χ2n) is 13.0. The van der Waals surface area contributed by atoms with Crippen LogP contribution in [-0.4, -0.2) is 0 Å². The Morgan fingerprint density at radius 2 is 0.725 bits per heavy atom. The molecule has 0 spiro atoms. The van der Waals surface area contributed by atoms with E-state index >= 15 is 0 Å². The van der Waals surface area contributed by atoms with Crippen molar-refractivity contribution in [3.05, 3.63) is 212 Å². The Morgan fingerprint density at radius 1 is 0.255 bits per heavy atom. The van der Waals surface area contributed by atoms with Gasteiger partial charge in [0.25, 0.3) is 0 Å². The highest BCUT2D eigenvalue weighted by Crippen LogP contribution is 2.48. The van der Waals surface area contributed by atoms with Gasteiger partial charge in [-0.3, -0.25) is 0 Å². The molecule has 0 aliphatic carbocycles. The van der Waals surface area contributed by atoms with Gasteiger partial charge in [-0.25, -0.2) is 0 Å². The number of hydrogen-bond acceptors (Lipinski definition) is 1. The predicted octanol–water partition coefficient (Wildman–Crippen LogP) is 14.1. The molecule has 0 atom stereocenters. The van der Waals surface area contributed by atoms with Crippen LogP contribution in [0, 0.1) is 0 Å². The van der Waals surface area contributed by atoms with Crippen LogP contribution < -0.4 is 4.90 Å². The summed E-state index contributed by atoms with van der Waals surface area (Å²) in [6.45, 7) is 0. The Morgan fingerprint density at radius 3 is 1.41 bits per heavy atom. The summed E-state index contributed by atoms with van der Waals surface area (Å²) in [5.41, 5.74) is 12.8. The van der Waals surface area contributed by atoms with Crippen LogP contribution in [0.4, 0.5) is 17.1 Å². The zero-order valence-corrected chi connectivity index (χ0v) is 28.2. The lowest BCUT2D eigenvalue weighted by Crippen LogP contribution is -2.13. The van der Waals surface area contributed by atoms with Crippen LogP contribution in [0.3, 0.4) is 0 Å². The minimum atomic E-state index is 1.09. The topological polar surface area (TPSA) is 3.24 Å². The highest BCUT2D eigenvalue weighted by Gasteiger charge is 2.23. The van der Waals surface area contributed by atoms with Crippen molar-refractivity contribution in [2.45, 2.75) is 0 Å². The van der Waals surface area contributed by atoms with Crippen molar-refractivity contribution in [1.29, 1.82) is 0 Å². The molecule has 51 heavy (non-hydrogen) atoms. The highest BCUT2D eigenvalue weighted by atomic mass is 15.1. The minimum absolute atomic E-state index is 1.09. The summed E-state index contributed by atoms with van der Waals surface area (Å²) in [5.74, 6) is 0. The molecule has 0 N–H and O–H groups in total. The summed E-state index contributed by atoms with van der Waals surface area (Å²) >= 11 is 0. The Hall–Kier alpha value is -6.70. The zero-order chi connectivity index (χ0) is 34.0. The van der Waals surface area contributed by atoms with Gasteiger partial charge in [-0.15, -0.1) is 0 Å². The van der Waals surface area contributed by atoms with E-state index in [1.807, 2.05) is 0 Å². The molecule has 9 aromatic rings. The summed E-state index contributed by atoms with van der Waals surface area (Å²) in [6.07, 6.45) is 0. The molecule has 1 heteroatoms. The van der Waals surface area contributed by atoms with Gasteiger partial charge in [0.1, 0.15) is 0 Å². The van der Waals surface area contributed by atoms with E-state index in [1.165, 1.54) is 66.1 Å². The van der Waals surface area contributed by atoms with Gasteiger partial charge in [0.05, 0.1) is 11.4 Å². The van der Waals surface area contributed by atoms with E-state index in [4.69, 9.17) is 0 Å². The quantitative estimate of drug-likeness (QED) is 0.166. The lowest BCUT2D eigenvalue weighted by Gasteiger charge is -2.31. The first-order valence-corrected chi connectivity index (χ1v) is 17.5. The summed E-state index contributed by atoms with van der Waals surface area (Å²) in [7, 11) is 0. The molecule has 240 valence electrons. The van der Waals surface area contributed by atoms with Crippen molar-refractivity contribution in [2.24, 2.45) is 0 Å². The maximum absolute atomic E-state index is 2.45. The third-order valence-corrected chi connectivity index (χ3v) is 9.84. The molecular weight excluding hydrogens is 615 g/mol. The lowest BCUT2D eigenvalue weighted by atomic mass is 9.89. The number of benzene rings is 9. The molecule has 0 fully saturated rings. The van der Waals surface area contributed by atoms with Crippen LogP contribution in [0.15, 0.2) is 212 Å². The van der Waals surface area contributed by atoms with Crippen molar-refractivity contribution >= 4 is 38.6 Å². The molecule has 0 aliphatic heterocycles. The summed E-state index contributed by atoms with van der Waals surface area (Å²) in [5, 5.41) is 4.92. The molecule has 0 aliphatic rings. The molecule has 0 bridgehead atoms. The number of nitrogens with zero attached hydrogens (tertiary/aromatic N) is 1. The van der Waals surface area contributed by atoms with Gasteiger partial charge in [-0.1, -0.05) is 176 Å². The van der Waals surface area contributed by atoms with Gasteiger partial charge < -0.3 is 4.90 Å². The second kappa shape index (κ2) is 13.3. The Balaban J connectivity index is 1.33. The smallest absolute Gasteiger partial charge is 0.0546 e. The van der Waals surface area contributed by atoms with Crippen molar-refractivity contribution in [3.8, 4) is 44.5 Å². The monoisotopic (exact) mass is 649 g/mol. The molecule has 0 heterocycles. The lowest BCUT2D eigenvalue weighted by molar-refractivity contribution is 1.28. The minimum Gasteiger partial charge on any atom is -0.309 e. The predicted molar refractivity (Wildman–Crippen MR) is 218 cm³/mol. The van der Waals surface area contributed by atoms with E-state index < -0.39 is 0 Å². The molecule has 0 saturated heterocycles. The molecule has 0 aromatic heterocycles. The van der Waals surface area contributed by atoms with Crippen molar-refractivity contribution < 1.29 is 0 Å². The molecule has 9 rings (SSSR count). The van der Waals surface area contributed by atoms with Gasteiger partial charge in [0.2, 0.25) is 0 Å². The fourth-order valence-electron chi connectivity index (χ4n) is 7.34. The Kier molecular flexibility index (Phi) is 7.92. The van der Waals surface area contributed by atoms with Crippen molar-refractivity contribution in [3.63, 3.8) is 0 Å². The average molecular weight is 650 g/mol. The number of rotatable bonds is 7. The van der Waals surface area contributed by atoms with E-state index in [1.54, 1.807) is 0 Å². The Bertz CT molecular complexity index is 2620. The van der Waals surface area contributed by atoms with Gasteiger partial charge in [-0.05, 0) is 91.3 Å². The number of hydrogen-bond donors (Lipinski definition) is 0. The van der Waals surface area contributed by atoms with Gasteiger partial charge in [0.15, 0.2) is 0 Å². The fraction of sp³-hybridized carbons (Fsp3) is 0. The number of para-hydroxylation sites is 1. The van der Waals surface area contributed by atoms with Gasteiger partial charge in [0, 0.05) is 16.8 Å². The average Bonchev–Trinajstić information content (AvgIpc) is 3.21. The molecule has 1 nitrogen and oxygen atoms in total. The molecule has 0 amide bonds. The molecule has 0 saturated carbocycles. The SMILES string of the molecule is c1ccc(-c2ccc(N(c3ccccc3-c3ccccc3)c3cccc(-c4ccc5ccccc5c4)c3-c3ccc4ccccc4c3)cc2)cc1. The maximum atomic E-state index is 2.45. The van der Waals surface area contributed by atoms with E-state index in [9.17, 15) is 0 Å². The van der Waals surface area contributed by atoms with E-state index in [0.717, 1.165) is 17.1 Å². The van der Waals surface area contributed by atoms with Crippen LogP contribution in [0.25, 0.3) is 66.1 Å². The Labute approximate surface area is 299 Å². The van der Waals surface area contributed by atoms with E-state index in [2.05, 4.69) is 217 Å². The van der Waals surface area contributed by atoms with Crippen LogP contribution in [0.1, 0.15) is 0 Å². The van der Waals surface area contributed by atoms with Crippen LogP contribution in [-0.2, 0) is 0 Å². The molecular formula is C50H35N. The van der Waals surface area contributed by atoms with Gasteiger partial charge >= 0.3 is 0 Å². The zero-order valence-electron chi connectivity index (χ0n) is 28.2. The first-order valence-electron chi connectivity index (χ1n) is 17.5. The van der Waals surface area contributed by atoms with Gasteiger partial charge in [-0.2, -0.15) is 0 Å². The van der Waals surface area contributed by atoms with E-state index in [0.29, 0.717) is 0 Å². The molecule has 0 radical (unpaired) electrons. The summed E-state index contributed by atoms with van der Waals surface area (Å²) in [6, 6.07) is 76.8. The number of anilines is 3. The molecule has 0 unspecified atom stereocenters. The second-order valence-corrected chi connectivity index (χ2v) is 13.0. The standard InChI is InChI=1S/C50H35N/c1-3-14-36(15-4-1)39-30-32-45(33-31-39)51(48-24-12-11-22-46(48)40-18-5-2-6-19-40)49-25-13-23-47(43-28-26-37-16-7-9-20-41(37)34-43)50(49)44-29-27-38-17-8-10-21-42(38)35-44/h1-35H. The fourth-order valence-corrected chi connectivity index (χ4v) is 7.34. The molecule has 9 aromatic carbocycles. The number of fused-ring (bicyclic) bond motifs is 2. The van der Waals surface area contributed by atoms with Crippen molar-refractivity contribution in [2.75, 3.05) is 4.90 Å². The van der Waals surface area contributed by atoms with Crippen LogP contribution >= 0.6 is 0 Å². The maximum Gasteiger partial charge on any atom is 0.0546 e. The largest absolute Gasteiger partial charge is 0.309 e. The highest BCUT2D eigenvalue weighted by molar-refractivity contribution is 6.02. The first-order chi connectivity index (χ1) is 25.3. The van der Waals surface area contributed by atoms with E-state index in [-0.39, 0.29) is 0 Å². The summed E-state index contributed by atoms with van der Waals surface area (Å²) in [4.78, 5) is 2.45. The third kappa shape index (κ3) is 5.86. The third-order valence-electron chi connectivity index (χ3n) is 9.84. The normalized spacial score (nSPS) is 11.1. The first kappa shape index (κ1) is 30.4. The van der Waals surface area contributed by atoms with Crippen LogP contribution in [0.2, 0.25) is 0 Å².